The van der Waals surface area contributed by atoms with Crippen molar-refractivity contribution in [2.24, 2.45) is 47.3 Å². The summed E-state index contributed by atoms with van der Waals surface area (Å²) >= 11 is 0. The van der Waals surface area contributed by atoms with Crippen molar-refractivity contribution in [1.82, 2.24) is 0 Å². The average Bonchev–Trinajstić information content (AvgIpc) is 2.90. The first-order chi connectivity index (χ1) is 11.8. The highest BCUT2D eigenvalue weighted by Gasteiger charge is 2.65. The van der Waals surface area contributed by atoms with E-state index >= 15 is 0 Å². The molecule has 0 bridgehead atoms. The Balaban J connectivity index is 2.13. The van der Waals surface area contributed by atoms with Gasteiger partial charge >= 0.3 is 23.9 Å². The van der Waals surface area contributed by atoms with Crippen molar-refractivity contribution >= 4 is 23.9 Å². The molecule has 0 spiro atoms. The monoisotopic (exact) mass is 354 g/mol. The Morgan fingerprint density at radius 3 is 1.60 bits per heavy atom. The van der Waals surface area contributed by atoms with Crippen LogP contribution in [0.4, 0.5) is 0 Å². The molecule has 3 fully saturated rings. The summed E-state index contributed by atoms with van der Waals surface area (Å²) < 4.78 is 0. The normalized spacial score (nSPS) is 42.9. The van der Waals surface area contributed by atoms with Crippen LogP contribution in [0.2, 0.25) is 0 Å². The fourth-order valence-electron chi connectivity index (χ4n) is 6.00. The lowest BCUT2D eigenvalue weighted by atomic mass is 9.55. The first-order valence-corrected chi connectivity index (χ1v) is 8.67. The first kappa shape index (κ1) is 17.7. The Hall–Kier alpha value is -2.12. The Morgan fingerprint density at radius 1 is 0.600 bits per heavy atom. The highest BCUT2D eigenvalue weighted by Crippen LogP contribution is 2.60. The van der Waals surface area contributed by atoms with Gasteiger partial charge in [0.2, 0.25) is 0 Å². The van der Waals surface area contributed by atoms with Gasteiger partial charge in [-0.1, -0.05) is 19.3 Å². The molecule has 0 aliphatic heterocycles. The van der Waals surface area contributed by atoms with E-state index in [-0.39, 0.29) is 11.8 Å². The Bertz CT molecular complexity index is 614. The number of aliphatic carboxylic acids is 4. The van der Waals surface area contributed by atoms with E-state index in [4.69, 9.17) is 0 Å². The van der Waals surface area contributed by atoms with E-state index in [1.54, 1.807) is 0 Å². The fraction of sp³-hybridized carbons (Fsp3) is 0.765. The molecule has 0 radical (unpaired) electrons. The van der Waals surface area contributed by atoms with Gasteiger partial charge in [-0.3, -0.25) is 19.2 Å². The Morgan fingerprint density at radius 2 is 1.08 bits per heavy atom. The number of carboxylic acids is 4. The summed E-state index contributed by atoms with van der Waals surface area (Å²) in [5.41, 5.74) is 0. The third-order valence-electron chi connectivity index (χ3n) is 6.71. The van der Waals surface area contributed by atoms with Crippen molar-refractivity contribution in [1.29, 1.82) is 0 Å². The van der Waals surface area contributed by atoms with Gasteiger partial charge in [-0.25, -0.2) is 0 Å². The minimum atomic E-state index is -1.72. The van der Waals surface area contributed by atoms with Crippen LogP contribution in [0.3, 0.4) is 0 Å². The number of fused-ring (bicyclic) bond motifs is 3. The quantitative estimate of drug-likeness (QED) is 0.589. The molecule has 8 atom stereocenters. The molecular formula is C17H22O8. The molecule has 138 valence electrons. The maximum absolute atomic E-state index is 11.9. The third-order valence-corrected chi connectivity index (χ3v) is 6.71. The number of hydrogen-bond donors (Lipinski definition) is 4. The molecule has 0 heterocycles. The fourth-order valence-corrected chi connectivity index (χ4v) is 6.00. The van der Waals surface area contributed by atoms with Crippen LogP contribution in [-0.4, -0.2) is 44.3 Å². The molecule has 0 aromatic heterocycles. The van der Waals surface area contributed by atoms with Crippen LogP contribution in [0.25, 0.3) is 0 Å². The number of rotatable bonds is 4. The molecule has 3 saturated carbocycles. The molecule has 0 aromatic carbocycles. The van der Waals surface area contributed by atoms with Crippen LogP contribution in [0, 0.1) is 47.3 Å². The molecule has 4 N–H and O–H groups in total. The summed E-state index contributed by atoms with van der Waals surface area (Å²) in [5.74, 6) is -13.0. The van der Waals surface area contributed by atoms with Crippen LogP contribution in [-0.2, 0) is 19.2 Å². The maximum Gasteiger partial charge on any atom is 0.308 e. The molecule has 8 heteroatoms. The van der Waals surface area contributed by atoms with E-state index in [1.807, 2.05) is 0 Å². The van der Waals surface area contributed by atoms with Crippen molar-refractivity contribution in [3.05, 3.63) is 0 Å². The van der Waals surface area contributed by atoms with E-state index in [1.165, 1.54) is 0 Å². The second kappa shape index (κ2) is 6.31. The van der Waals surface area contributed by atoms with E-state index in [0.717, 1.165) is 25.7 Å². The zero-order chi connectivity index (χ0) is 18.5. The molecule has 8 unspecified atom stereocenters. The number of hydrogen-bond acceptors (Lipinski definition) is 4. The summed E-state index contributed by atoms with van der Waals surface area (Å²) in [6.45, 7) is 0. The van der Waals surface area contributed by atoms with Crippen LogP contribution in [0.15, 0.2) is 0 Å². The highest BCUT2D eigenvalue weighted by molar-refractivity contribution is 5.90. The molecule has 0 saturated heterocycles. The summed E-state index contributed by atoms with van der Waals surface area (Å²) in [6.07, 6.45) is 4.00. The predicted molar refractivity (Wildman–Crippen MR) is 81.5 cm³/mol. The lowest BCUT2D eigenvalue weighted by Gasteiger charge is -2.45. The Labute approximate surface area is 143 Å². The van der Waals surface area contributed by atoms with Gasteiger partial charge in [-0.15, -0.1) is 0 Å². The molecule has 3 rings (SSSR count). The van der Waals surface area contributed by atoms with Gasteiger partial charge in [0.15, 0.2) is 0 Å². The topological polar surface area (TPSA) is 149 Å². The van der Waals surface area contributed by atoms with Crippen LogP contribution in [0.5, 0.6) is 0 Å². The molecule has 8 nitrogen and oxygen atoms in total. The van der Waals surface area contributed by atoms with Gasteiger partial charge in [-0.2, -0.15) is 0 Å². The average molecular weight is 354 g/mol. The first-order valence-electron chi connectivity index (χ1n) is 8.67. The number of carbonyl (C=O) groups is 4. The van der Waals surface area contributed by atoms with E-state index in [9.17, 15) is 39.6 Å². The van der Waals surface area contributed by atoms with Crippen molar-refractivity contribution in [3.8, 4) is 0 Å². The van der Waals surface area contributed by atoms with Crippen molar-refractivity contribution in [2.75, 3.05) is 0 Å². The van der Waals surface area contributed by atoms with Crippen LogP contribution in [0.1, 0.15) is 32.1 Å². The van der Waals surface area contributed by atoms with Crippen LogP contribution >= 0.6 is 0 Å². The predicted octanol–water partition coefficient (Wildman–Crippen LogP) is 1.25. The molecule has 25 heavy (non-hydrogen) atoms. The van der Waals surface area contributed by atoms with E-state index in [0.29, 0.717) is 6.42 Å². The van der Waals surface area contributed by atoms with Crippen LogP contribution < -0.4 is 0 Å². The summed E-state index contributed by atoms with van der Waals surface area (Å²) in [6, 6.07) is 0. The van der Waals surface area contributed by atoms with Crippen molar-refractivity contribution in [2.45, 2.75) is 32.1 Å². The van der Waals surface area contributed by atoms with Gasteiger partial charge in [0.1, 0.15) is 0 Å². The maximum atomic E-state index is 11.9. The molecule has 0 amide bonds. The minimum Gasteiger partial charge on any atom is -0.481 e. The molecule has 3 aliphatic rings. The van der Waals surface area contributed by atoms with E-state index in [2.05, 4.69) is 0 Å². The van der Waals surface area contributed by atoms with Crippen molar-refractivity contribution in [3.63, 3.8) is 0 Å². The zero-order valence-electron chi connectivity index (χ0n) is 13.6. The van der Waals surface area contributed by atoms with Gasteiger partial charge in [0.25, 0.3) is 0 Å². The highest BCUT2D eigenvalue weighted by atomic mass is 16.4. The smallest absolute Gasteiger partial charge is 0.308 e. The third kappa shape index (κ3) is 2.67. The lowest BCUT2D eigenvalue weighted by Crippen LogP contribution is -2.56. The standard InChI is InChI=1S/C17H22O8/c18-14(19)10-8-5-6-3-1-2-4-7(6)9(8)11(15(20)21)13(17(24)25)12(10)16(22)23/h6-13H,1-5H2,(H,18,19)(H,20,21)(H,22,23)(H,24,25). The number of carboxylic acid groups (broad SMARTS) is 4. The Kier molecular flexibility index (Phi) is 4.47. The summed E-state index contributed by atoms with van der Waals surface area (Å²) in [4.78, 5) is 47.3. The van der Waals surface area contributed by atoms with Gasteiger partial charge in [0.05, 0.1) is 23.7 Å². The molecule has 3 aliphatic carbocycles. The van der Waals surface area contributed by atoms with Gasteiger partial charge in [-0.05, 0) is 36.5 Å². The molecular weight excluding hydrogens is 332 g/mol. The zero-order valence-corrected chi connectivity index (χ0v) is 13.6. The minimum absolute atomic E-state index is 0.0294. The summed E-state index contributed by atoms with van der Waals surface area (Å²) in [5, 5.41) is 38.5. The van der Waals surface area contributed by atoms with E-state index < -0.39 is 59.4 Å². The largest absolute Gasteiger partial charge is 0.481 e. The second-order valence-corrected chi connectivity index (χ2v) is 7.64. The second-order valence-electron chi connectivity index (χ2n) is 7.64. The van der Waals surface area contributed by atoms with Gasteiger partial charge < -0.3 is 20.4 Å². The molecule has 0 aromatic rings. The lowest BCUT2D eigenvalue weighted by molar-refractivity contribution is -0.182. The SMILES string of the molecule is O=C(O)C1C2CC3CCCCC3C2C(C(=O)O)C(C(=O)O)C1C(=O)O. The summed E-state index contributed by atoms with van der Waals surface area (Å²) in [7, 11) is 0. The van der Waals surface area contributed by atoms with Gasteiger partial charge in [0, 0.05) is 0 Å². The van der Waals surface area contributed by atoms with Crippen molar-refractivity contribution < 1.29 is 39.6 Å².